The number of morpholine rings is 1. The molecular weight excluding hydrogens is 226 g/mol. The highest BCUT2D eigenvalue weighted by molar-refractivity contribution is 5.79. The molecule has 0 aromatic heterocycles. The molecule has 0 saturated carbocycles. The molecule has 2 heterocycles. The van der Waals surface area contributed by atoms with Crippen LogP contribution in [0, 0.1) is 0 Å². The number of aliphatic carboxylic acids is 1. The Kier molecular flexibility index (Phi) is 3.96. The average molecular weight is 243 g/mol. The fourth-order valence-electron chi connectivity index (χ4n) is 2.29. The number of rotatable bonds is 4. The summed E-state index contributed by atoms with van der Waals surface area (Å²) in [5.41, 5.74) is 0. The molecule has 0 aliphatic carbocycles. The highest BCUT2D eigenvalue weighted by Crippen LogP contribution is 2.18. The Morgan fingerprint density at radius 1 is 1.53 bits per heavy atom. The predicted molar refractivity (Wildman–Crippen MR) is 57.5 cm³/mol. The van der Waals surface area contributed by atoms with Gasteiger partial charge < -0.3 is 19.5 Å². The molecule has 0 aromatic rings. The first-order valence-electron chi connectivity index (χ1n) is 5.87. The summed E-state index contributed by atoms with van der Waals surface area (Å²) in [6.45, 7) is 1.56. The van der Waals surface area contributed by atoms with Crippen LogP contribution in [0.15, 0.2) is 0 Å². The monoisotopic (exact) mass is 243 g/mol. The van der Waals surface area contributed by atoms with Crippen molar-refractivity contribution < 1.29 is 24.2 Å². The third-order valence-electron chi connectivity index (χ3n) is 3.13. The number of hydrogen-bond donors (Lipinski definition) is 1. The van der Waals surface area contributed by atoms with Crippen molar-refractivity contribution in [2.24, 2.45) is 0 Å². The number of carbonyl (C=O) groups is 2. The molecule has 17 heavy (non-hydrogen) atoms. The van der Waals surface area contributed by atoms with Gasteiger partial charge in [-0.15, -0.1) is 0 Å². The molecule has 6 nitrogen and oxygen atoms in total. The van der Waals surface area contributed by atoms with E-state index >= 15 is 0 Å². The lowest BCUT2D eigenvalue weighted by atomic mass is 10.1. The largest absolute Gasteiger partial charge is 0.481 e. The third-order valence-corrected chi connectivity index (χ3v) is 3.13. The number of nitrogens with zero attached hydrogens (tertiary/aromatic N) is 1. The summed E-state index contributed by atoms with van der Waals surface area (Å²) in [5, 5.41) is 8.81. The lowest BCUT2D eigenvalue weighted by Crippen LogP contribution is -2.52. The first-order valence-corrected chi connectivity index (χ1v) is 5.87. The zero-order valence-electron chi connectivity index (χ0n) is 9.63. The van der Waals surface area contributed by atoms with Crippen molar-refractivity contribution in [1.29, 1.82) is 0 Å². The molecule has 0 radical (unpaired) electrons. The molecule has 2 aliphatic rings. The third kappa shape index (κ3) is 3.17. The van der Waals surface area contributed by atoms with Crippen LogP contribution in [0.25, 0.3) is 0 Å². The van der Waals surface area contributed by atoms with Crippen molar-refractivity contribution in [1.82, 2.24) is 4.90 Å². The number of carboxylic acids is 1. The quantitative estimate of drug-likeness (QED) is 0.744. The van der Waals surface area contributed by atoms with Gasteiger partial charge in [0.15, 0.2) is 0 Å². The summed E-state index contributed by atoms with van der Waals surface area (Å²) in [6, 6.07) is -0.363. The standard InChI is InChI=1S/C11H17NO5/c13-10-7-16-6-8(4-11(14)15)12(10)5-9-2-1-3-17-9/h8-9H,1-7H2,(H,14,15). The van der Waals surface area contributed by atoms with Crippen molar-refractivity contribution in [3.05, 3.63) is 0 Å². The second-order valence-corrected chi connectivity index (χ2v) is 4.45. The van der Waals surface area contributed by atoms with E-state index in [0.29, 0.717) is 13.2 Å². The SMILES string of the molecule is O=C(O)CC1COCC(=O)N1CC1CCCO1. The Hall–Kier alpha value is -1.14. The van der Waals surface area contributed by atoms with Crippen molar-refractivity contribution in [3.63, 3.8) is 0 Å². The molecule has 2 aliphatic heterocycles. The van der Waals surface area contributed by atoms with Gasteiger partial charge in [-0.25, -0.2) is 0 Å². The van der Waals surface area contributed by atoms with Gasteiger partial charge in [0.05, 0.1) is 25.2 Å². The molecular formula is C11H17NO5. The zero-order valence-corrected chi connectivity index (χ0v) is 9.63. The zero-order chi connectivity index (χ0) is 12.3. The predicted octanol–water partition coefficient (Wildman–Crippen LogP) is -0.132. The molecule has 6 heteroatoms. The van der Waals surface area contributed by atoms with E-state index in [1.54, 1.807) is 4.90 Å². The lowest BCUT2D eigenvalue weighted by Gasteiger charge is -2.36. The summed E-state index contributed by atoms with van der Waals surface area (Å²) in [7, 11) is 0. The lowest BCUT2D eigenvalue weighted by molar-refractivity contribution is -0.154. The Morgan fingerprint density at radius 3 is 3.00 bits per heavy atom. The number of amides is 1. The second kappa shape index (κ2) is 5.46. The van der Waals surface area contributed by atoms with Gasteiger partial charge in [-0.3, -0.25) is 9.59 Å². The molecule has 96 valence electrons. The fourth-order valence-corrected chi connectivity index (χ4v) is 2.29. The molecule has 1 N–H and O–H groups in total. The molecule has 2 unspecified atom stereocenters. The molecule has 0 spiro atoms. The molecule has 2 saturated heterocycles. The van der Waals surface area contributed by atoms with Crippen molar-refractivity contribution >= 4 is 11.9 Å². The van der Waals surface area contributed by atoms with Crippen LogP contribution in [0.2, 0.25) is 0 Å². The van der Waals surface area contributed by atoms with Crippen LogP contribution in [0.4, 0.5) is 0 Å². The van der Waals surface area contributed by atoms with Crippen LogP contribution >= 0.6 is 0 Å². The minimum Gasteiger partial charge on any atom is -0.481 e. The van der Waals surface area contributed by atoms with Crippen molar-refractivity contribution in [3.8, 4) is 0 Å². The summed E-state index contributed by atoms with van der Waals surface area (Å²) in [5.74, 6) is -1.05. The summed E-state index contributed by atoms with van der Waals surface area (Å²) in [4.78, 5) is 24.1. The Labute approximate surface area is 99.5 Å². The van der Waals surface area contributed by atoms with E-state index in [1.807, 2.05) is 0 Å². The minimum atomic E-state index is -0.911. The van der Waals surface area contributed by atoms with Gasteiger partial charge in [-0.1, -0.05) is 0 Å². The molecule has 0 aromatic carbocycles. The number of carboxylic acid groups (broad SMARTS) is 1. The second-order valence-electron chi connectivity index (χ2n) is 4.45. The van der Waals surface area contributed by atoms with Crippen LogP contribution in [0.1, 0.15) is 19.3 Å². The van der Waals surface area contributed by atoms with Gasteiger partial charge in [-0.05, 0) is 12.8 Å². The number of ether oxygens (including phenoxy) is 2. The maximum Gasteiger partial charge on any atom is 0.305 e. The van der Waals surface area contributed by atoms with Crippen LogP contribution < -0.4 is 0 Å². The van der Waals surface area contributed by atoms with E-state index in [0.717, 1.165) is 19.4 Å². The molecule has 1 amide bonds. The summed E-state index contributed by atoms with van der Waals surface area (Å²) < 4.78 is 10.6. The van der Waals surface area contributed by atoms with E-state index < -0.39 is 5.97 Å². The Balaban J connectivity index is 1.96. The normalized spacial score (nSPS) is 29.6. The van der Waals surface area contributed by atoms with Crippen molar-refractivity contribution in [2.75, 3.05) is 26.4 Å². The maximum absolute atomic E-state index is 11.7. The number of hydrogen-bond acceptors (Lipinski definition) is 4. The highest BCUT2D eigenvalue weighted by atomic mass is 16.5. The minimum absolute atomic E-state index is 0.0445. The van der Waals surface area contributed by atoms with Crippen LogP contribution in [-0.4, -0.2) is 60.4 Å². The average Bonchev–Trinajstić information content (AvgIpc) is 2.75. The molecule has 2 rings (SSSR count). The Morgan fingerprint density at radius 2 is 2.35 bits per heavy atom. The maximum atomic E-state index is 11.7. The summed E-state index contributed by atoms with van der Waals surface area (Å²) in [6.07, 6.45) is 1.92. The topological polar surface area (TPSA) is 76.1 Å². The van der Waals surface area contributed by atoms with Crippen LogP contribution in [0.5, 0.6) is 0 Å². The molecule has 0 bridgehead atoms. The smallest absolute Gasteiger partial charge is 0.305 e. The molecule has 2 fully saturated rings. The van der Waals surface area contributed by atoms with Gasteiger partial charge in [0.1, 0.15) is 6.61 Å². The van der Waals surface area contributed by atoms with Gasteiger partial charge in [0, 0.05) is 13.2 Å². The van der Waals surface area contributed by atoms with Gasteiger partial charge >= 0.3 is 5.97 Å². The number of carbonyl (C=O) groups excluding carboxylic acids is 1. The Bertz CT molecular complexity index is 300. The first kappa shape index (κ1) is 12.3. The molecule has 2 atom stereocenters. The van der Waals surface area contributed by atoms with Gasteiger partial charge in [0.25, 0.3) is 0 Å². The van der Waals surface area contributed by atoms with Gasteiger partial charge in [0.2, 0.25) is 5.91 Å². The van der Waals surface area contributed by atoms with Crippen molar-refractivity contribution in [2.45, 2.75) is 31.4 Å². The van der Waals surface area contributed by atoms with E-state index in [1.165, 1.54) is 0 Å². The summed E-state index contributed by atoms with van der Waals surface area (Å²) >= 11 is 0. The van der Waals surface area contributed by atoms with Crippen LogP contribution in [0.3, 0.4) is 0 Å². The van der Waals surface area contributed by atoms with Gasteiger partial charge in [-0.2, -0.15) is 0 Å². The van der Waals surface area contributed by atoms with E-state index in [4.69, 9.17) is 14.6 Å². The fraction of sp³-hybridized carbons (Fsp3) is 0.818. The van der Waals surface area contributed by atoms with E-state index in [9.17, 15) is 9.59 Å². The first-order chi connectivity index (χ1) is 8.16. The highest BCUT2D eigenvalue weighted by Gasteiger charge is 2.33. The van der Waals surface area contributed by atoms with E-state index in [-0.39, 0.29) is 31.1 Å². The van der Waals surface area contributed by atoms with E-state index in [2.05, 4.69) is 0 Å². The van der Waals surface area contributed by atoms with Crippen LogP contribution in [-0.2, 0) is 19.1 Å².